The largest absolute Gasteiger partial charge is 0.368 e. The number of rotatable bonds is 15. The smallest absolute Gasteiger partial charge is 0.245 e. The molecule has 0 radical (unpaired) electrons. The molecule has 2 aromatic carbocycles. The Bertz CT molecular complexity index is 2550. The lowest BCUT2D eigenvalue weighted by molar-refractivity contribution is 0.684. The number of hydrogen-bond acceptors (Lipinski definition) is 14. The van der Waals surface area contributed by atoms with Gasteiger partial charge in [-0.1, -0.05) is 69.6 Å². The average Bonchev–Trinajstić information content (AvgIpc) is 3.98. The molecule has 8 rings (SSSR count). The molecule has 22 heteroatoms. The molecular weight excluding hydrogens is 893 g/mol. The van der Waals surface area contributed by atoms with Crippen molar-refractivity contribution in [3.8, 4) is 45.3 Å². The molecule has 4 N–H and O–H groups in total. The van der Waals surface area contributed by atoms with Crippen LogP contribution in [0.15, 0.2) is 98.4 Å². The number of hydrazine groups is 1. The van der Waals surface area contributed by atoms with Gasteiger partial charge in [-0.15, -0.1) is 0 Å². The van der Waals surface area contributed by atoms with E-state index in [0.717, 1.165) is 0 Å². The first-order chi connectivity index (χ1) is 29.2. The Balaban J connectivity index is 1.29. The SMILES string of the molecule is Clc1ccc(-c2nc(N(CCNc3cc(Cl)ncn3)N(CCNc3cc(Cl)ncn3)c3ncc(-c4ncc[nH]4)c(-c4ccc(Cl)cc4Cl)n3)ncc2-c2ncc[nH]2)c(Cl)c1. The molecule has 0 aliphatic heterocycles. The number of anilines is 4. The highest BCUT2D eigenvalue weighted by molar-refractivity contribution is 6.37. The van der Waals surface area contributed by atoms with Gasteiger partial charge in [0.1, 0.15) is 46.2 Å². The molecule has 0 saturated carbocycles. The summed E-state index contributed by atoms with van der Waals surface area (Å²) in [6, 6.07) is 13.6. The summed E-state index contributed by atoms with van der Waals surface area (Å²) in [6.07, 6.45) is 12.8. The van der Waals surface area contributed by atoms with Crippen LogP contribution in [0.2, 0.25) is 30.4 Å². The molecule has 6 aromatic heterocycles. The van der Waals surface area contributed by atoms with E-state index in [1.807, 2.05) is 10.0 Å². The normalized spacial score (nSPS) is 11.1. The summed E-state index contributed by atoms with van der Waals surface area (Å²) in [5, 5.41) is 12.5. The van der Waals surface area contributed by atoms with Crippen LogP contribution < -0.4 is 20.7 Å². The van der Waals surface area contributed by atoms with Crippen molar-refractivity contribution < 1.29 is 0 Å². The lowest BCUT2D eigenvalue weighted by Gasteiger charge is -2.35. The molecule has 16 nitrogen and oxygen atoms in total. The third-order valence-electron chi connectivity index (χ3n) is 8.71. The van der Waals surface area contributed by atoms with Gasteiger partial charge in [-0.2, -0.15) is 0 Å². The lowest BCUT2D eigenvalue weighted by Crippen LogP contribution is -2.49. The maximum Gasteiger partial charge on any atom is 0.245 e. The maximum atomic E-state index is 6.84. The number of halogens is 6. The van der Waals surface area contributed by atoms with E-state index in [0.29, 0.717) is 90.1 Å². The third kappa shape index (κ3) is 9.44. The number of hydrogen-bond donors (Lipinski definition) is 4. The summed E-state index contributed by atoms with van der Waals surface area (Å²) in [4.78, 5) is 52.0. The minimum Gasteiger partial charge on any atom is -0.368 e. The first kappa shape index (κ1) is 40.9. The van der Waals surface area contributed by atoms with Gasteiger partial charge in [0.2, 0.25) is 11.9 Å². The number of imidazole rings is 2. The van der Waals surface area contributed by atoms with Gasteiger partial charge in [-0.05, 0) is 36.4 Å². The van der Waals surface area contributed by atoms with Crippen LogP contribution in [-0.2, 0) is 0 Å². The topological polar surface area (TPSA) is 191 Å². The fraction of sp³-hybridized carbons (Fsp3) is 0.105. The molecule has 6 heterocycles. The zero-order chi connectivity index (χ0) is 41.6. The fourth-order valence-electron chi connectivity index (χ4n) is 6.04. The molecule has 0 saturated heterocycles. The standard InChI is InChI=1S/C38H28Cl6N16/c39-21-1-3-23(27(41)13-21)33-25(35-47-5-6-48-35)17-51-37(57-33)59(11-9-45-31-15-29(43)53-19-55-31)60(12-10-46-32-16-30(44)54-20-56-32)38-52-18-26(36-49-7-8-50-36)34(58-38)24-4-2-22(40)14-28(24)42/h1-8,13-20H,9-12H2,(H,47,48)(H,49,50)(H,45,53,55)(H,46,54,56). The molecule has 8 aromatic rings. The Morgan fingerprint density at radius 1 is 0.500 bits per heavy atom. The molecule has 60 heavy (non-hydrogen) atoms. The third-order valence-corrected chi connectivity index (χ3v) is 10.2. The Labute approximate surface area is 371 Å². The quantitative estimate of drug-likeness (QED) is 0.0562. The second-order valence-electron chi connectivity index (χ2n) is 12.5. The van der Waals surface area contributed by atoms with Crippen LogP contribution in [0.5, 0.6) is 0 Å². The van der Waals surface area contributed by atoms with Crippen LogP contribution in [0.4, 0.5) is 23.5 Å². The highest BCUT2D eigenvalue weighted by Gasteiger charge is 2.27. The van der Waals surface area contributed by atoms with Crippen LogP contribution in [-0.4, -0.2) is 86.0 Å². The van der Waals surface area contributed by atoms with E-state index in [1.54, 1.807) is 85.7 Å². The maximum absolute atomic E-state index is 6.84. The van der Waals surface area contributed by atoms with E-state index in [4.69, 9.17) is 89.5 Å². The second kappa shape index (κ2) is 18.6. The zero-order valence-corrected chi connectivity index (χ0v) is 35.2. The Kier molecular flexibility index (Phi) is 12.7. The van der Waals surface area contributed by atoms with E-state index >= 15 is 0 Å². The van der Waals surface area contributed by atoms with Crippen molar-refractivity contribution in [2.24, 2.45) is 0 Å². The van der Waals surface area contributed by atoms with E-state index in [-0.39, 0.29) is 35.3 Å². The molecule has 0 fully saturated rings. The summed E-state index contributed by atoms with van der Waals surface area (Å²) < 4.78 is 0. The highest BCUT2D eigenvalue weighted by atomic mass is 35.5. The molecule has 0 atom stereocenters. The highest BCUT2D eigenvalue weighted by Crippen LogP contribution is 2.38. The average molecular weight is 921 g/mol. The van der Waals surface area contributed by atoms with Crippen LogP contribution in [0.3, 0.4) is 0 Å². The van der Waals surface area contributed by atoms with Crippen LogP contribution in [0, 0.1) is 0 Å². The van der Waals surface area contributed by atoms with E-state index < -0.39 is 0 Å². The van der Waals surface area contributed by atoms with Crippen molar-refractivity contribution in [1.29, 1.82) is 0 Å². The van der Waals surface area contributed by atoms with Crippen molar-refractivity contribution in [3.63, 3.8) is 0 Å². The van der Waals surface area contributed by atoms with Crippen molar-refractivity contribution in [1.82, 2.24) is 59.8 Å². The summed E-state index contributed by atoms with van der Waals surface area (Å²) in [5.41, 5.74) is 3.33. The number of aromatic amines is 2. The molecule has 0 aliphatic rings. The second-order valence-corrected chi connectivity index (χ2v) is 15.0. The number of nitrogens with one attached hydrogen (secondary N) is 4. The Morgan fingerprint density at radius 2 is 0.950 bits per heavy atom. The minimum absolute atomic E-state index is 0.231. The van der Waals surface area contributed by atoms with E-state index in [1.165, 1.54) is 12.7 Å². The number of benzene rings is 2. The Hall–Kier alpha value is -5.88. The summed E-state index contributed by atoms with van der Waals surface area (Å²) in [6.45, 7) is 1.07. The molecule has 0 spiro atoms. The summed E-state index contributed by atoms with van der Waals surface area (Å²) >= 11 is 38.8. The van der Waals surface area contributed by atoms with Crippen molar-refractivity contribution in [2.75, 3.05) is 46.8 Å². The molecule has 0 amide bonds. The number of aromatic nitrogens is 12. The van der Waals surface area contributed by atoms with Gasteiger partial charge in [0.25, 0.3) is 0 Å². The van der Waals surface area contributed by atoms with Crippen molar-refractivity contribution in [3.05, 3.63) is 129 Å². The van der Waals surface area contributed by atoms with Gasteiger partial charge in [0.05, 0.1) is 45.6 Å². The van der Waals surface area contributed by atoms with Crippen LogP contribution in [0.1, 0.15) is 0 Å². The number of H-pyrrole nitrogens is 2. The summed E-state index contributed by atoms with van der Waals surface area (Å²) in [5.74, 6) is 2.58. The number of nitrogens with zero attached hydrogens (tertiary/aromatic N) is 12. The molecular formula is C38H28Cl6N16. The van der Waals surface area contributed by atoms with Gasteiger partial charge in [-0.3, -0.25) is 0 Å². The van der Waals surface area contributed by atoms with Crippen LogP contribution >= 0.6 is 69.6 Å². The predicted molar refractivity (Wildman–Crippen MR) is 236 cm³/mol. The monoisotopic (exact) mass is 918 g/mol. The fourth-order valence-corrected chi connectivity index (χ4v) is 7.33. The van der Waals surface area contributed by atoms with Gasteiger partial charge >= 0.3 is 0 Å². The van der Waals surface area contributed by atoms with E-state index in [9.17, 15) is 0 Å². The van der Waals surface area contributed by atoms with Crippen LogP contribution in [0.25, 0.3) is 45.3 Å². The van der Waals surface area contributed by atoms with Gasteiger partial charge in [-0.25, -0.2) is 59.9 Å². The molecule has 0 bridgehead atoms. The first-order valence-electron chi connectivity index (χ1n) is 17.8. The summed E-state index contributed by atoms with van der Waals surface area (Å²) in [7, 11) is 0. The predicted octanol–water partition coefficient (Wildman–Crippen LogP) is 9.33. The first-order valence-corrected chi connectivity index (χ1v) is 20.1. The molecule has 0 aliphatic carbocycles. The minimum atomic E-state index is 0.231. The van der Waals surface area contributed by atoms with Crippen molar-refractivity contribution >= 4 is 93.1 Å². The van der Waals surface area contributed by atoms with Gasteiger partial charge in [0, 0.05) is 83.6 Å². The van der Waals surface area contributed by atoms with Crippen molar-refractivity contribution in [2.45, 2.75) is 0 Å². The Morgan fingerprint density at radius 3 is 1.33 bits per heavy atom. The van der Waals surface area contributed by atoms with E-state index in [2.05, 4.69) is 50.5 Å². The van der Waals surface area contributed by atoms with Gasteiger partial charge in [0.15, 0.2) is 0 Å². The molecule has 302 valence electrons. The zero-order valence-electron chi connectivity index (χ0n) is 30.7. The lowest BCUT2D eigenvalue weighted by atomic mass is 10.1. The van der Waals surface area contributed by atoms with Gasteiger partial charge < -0.3 is 20.6 Å². The molecule has 0 unspecified atom stereocenters.